The Labute approximate surface area is 189 Å². The van der Waals surface area contributed by atoms with Gasteiger partial charge in [0.15, 0.2) is 0 Å². The second-order valence-corrected chi connectivity index (χ2v) is 12.6. The van der Waals surface area contributed by atoms with E-state index in [-0.39, 0.29) is 12.3 Å². The van der Waals surface area contributed by atoms with E-state index >= 15 is 0 Å². The van der Waals surface area contributed by atoms with Crippen LogP contribution in [0.2, 0.25) is 0 Å². The molecule has 3 saturated heterocycles. The van der Waals surface area contributed by atoms with Gasteiger partial charge < -0.3 is 4.74 Å². The number of carbonyl (C=O) groups excluding carboxylic acids is 1. The summed E-state index contributed by atoms with van der Waals surface area (Å²) in [5.41, 5.74) is -0.297. The van der Waals surface area contributed by atoms with E-state index in [4.69, 9.17) is 9.36 Å². The zero-order valence-corrected chi connectivity index (χ0v) is 20.1. The maximum absolute atomic E-state index is 12.0. The Hall–Kier alpha value is -1.25. The number of hydrogen-bond acceptors (Lipinski definition) is 8. The van der Waals surface area contributed by atoms with Gasteiger partial charge in [-0.15, -0.1) is 14.0 Å². The van der Waals surface area contributed by atoms with E-state index < -0.39 is 21.7 Å². The van der Waals surface area contributed by atoms with Crippen molar-refractivity contribution in [3.8, 4) is 6.07 Å². The monoisotopic (exact) mass is 527 g/mol. The standard InChI is InChI=1S/C17H29N5O3P.F6P/c1-2-24-17(23)16(15-18)19-25-26(20-9-3-4-10-20,21-11-5-6-12-21)22-13-7-8-14-22;1-7(2,3,4,5)6/h2-14H2,1H3;/q+1;-1/b19-16-;. The van der Waals surface area contributed by atoms with Crippen molar-refractivity contribution in [3.05, 3.63) is 0 Å². The molecule has 33 heavy (non-hydrogen) atoms. The minimum absolute atomic E-state index is 0.212. The minimum atomic E-state index is -10.7. The quantitative estimate of drug-likeness (QED) is 0.136. The first kappa shape index (κ1) is 28.0. The predicted octanol–water partition coefficient (Wildman–Crippen LogP) is 5.79. The van der Waals surface area contributed by atoms with Crippen molar-refractivity contribution in [2.75, 3.05) is 45.9 Å². The molecule has 0 amide bonds. The topological polar surface area (TPSA) is 81.4 Å². The molecule has 0 spiro atoms. The van der Waals surface area contributed by atoms with Gasteiger partial charge in [0.2, 0.25) is 0 Å². The second kappa shape index (κ2) is 10.2. The van der Waals surface area contributed by atoms with Gasteiger partial charge in [0, 0.05) is 39.3 Å². The number of rotatable bonds is 7. The number of ether oxygens (including phenoxy) is 1. The fourth-order valence-corrected chi connectivity index (χ4v) is 7.96. The van der Waals surface area contributed by atoms with Crippen LogP contribution in [0.4, 0.5) is 25.2 Å². The Bertz CT molecular complexity index is 707. The number of nitriles is 1. The number of hydrogen-bond donors (Lipinski definition) is 0. The van der Waals surface area contributed by atoms with Gasteiger partial charge in [-0.2, -0.15) is 9.89 Å². The Balaban J connectivity index is 0.000000479. The summed E-state index contributed by atoms with van der Waals surface area (Å²) in [4.78, 5) is 12.0. The van der Waals surface area contributed by atoms with Gasteiger partial charge >= 0.3 is 46.9 Å². The van der Waals surface area contributed by atoms with Gasteiger partial charge in [-0.3, -0.25) is 0 Å². The van der Waals surface area contributed by atoms with Crippen LogP contribution in [0.3, 0.4) is 0 Å². The van der Waals surface area contributed by atoms with Crippen molar-refractivity contribution in [3.63, 3.8) is 0 Å². The number of nitrogens with zero attached hydrogens (tertiary/aromatic N) is 5. The van der Waals surface area contributed by atoms with E-state index in [1.807, 2.05) is 6.07 Å². The van der Waals surface area contributed by atoms with Gasteiger partial charge in [-0.25, -0.2) is 4.79 Å². The Morgan fingerprint density at radius 3 is 1.48 bits per heavy atom. The maximum atomic E-state index is 12.0. The molecule has 0 saturated carbocycles. The average Bonchev–Trinajstić information content (AvgIpc) is 3.47. The van der Waals surface area contributed by atoms with Gasteiger partial charge in [-0.05, 0) is 50.6 Å². The van der Waals surface area contributed by atoms with E-state index in [1.165, 1.54) is 0 Å². The molecule has 3 aliphatic rings. The Morgan fingerprint density at radius 2 is 1.21 bits per heavy atom. The summed E-state index contributed by atoms with van der Waals surface area (Å²) in [6.45, 7) is 7.83. The van der Waals surface area contributed by atoms with Gasteiger partial charge in [-0.1, -0.05) is 0 Å². The van der Waals surface area contributed by atoms with Crippen molar-refractivity contribution in [2.24, 2.45) is 5.16 Å². The molecule has 3 aliphatic heterocycles. The van der Waals surface area contributed by atoms with Crippen molar-refractivity contribution < 1.29 is 39.3 Å². The van der Waals surface area contributed by atoms with Gasteiger partial charge in [0.05, 0.1) is 6.61 Å². The van der Waals surface area contributed by atoms with E-state index in [0.29, 0.717) is 0 Å². The molecule has 0 aromatic rings. The van der Waals surface area contributed by atoms with Crippen LogP contribution >= 0.6 is 15.8 Å². The van der Waals surface area contributed by atoms with E-state index in [0.717, 1.165) is 77.8 Å². The molecule has 0 aliphatic carbocycles. The summed E-state index contributed by atoms with van der Waals surface area (Å²) in [6, 6.07) is 1.84. The molecular weight excluding hydrogens is 498 g/mol. The molecule has 0 atom stereocenters. The number of halogens is 6. The van der Waals surface area contributed by atoms with Gasteiger partial charge in [0.25, 0.3) is 5.71 Å². The molecule has 0 aromatic heterocycles. The average molecular weight is 527 g/mol. The molecule has 0 bridgehead atoms. The molecular formula is C17H29F6N5O3P2. The molecule has 0 N–H and O–H groups in total. The summed E-state index contributed by atoms with van der Waals surface area (Å²) in [7, 11) is -13.0. The molecule has 8 nitrogen and oxygen atoms in total. The number of oxime groups is 1. The van der Waals surface area contributed by atoms with Crippen LogP contribution in [0.15, 0.2) is 5.16 Å². The zero-order chi connectivity index (χ0) is 24.8. The molecule has 3 fully saturated rings. The molecule has 0 radical (unpaired) electrons. The third-order valence-corrected chi connectivity index (χ3v) is 8.88. The second-order valence-electron chi connectivity index (χ2n) is 7.81. The number of carbonyl (C=O) groups is 1. The first-order valence-corrected chi connectivity index (χ1v) is 14.3. The molecule has 3 rings (SSSR count). The summed E-state index contributed by atoms with van der Waals surface area (Å²) in [5.74, 6) is -0.711. The van der Waals surface area contributed by atoms with Crippen molar-refractivity contribution in [1.82, 2.24) is 14.0 Å². The summed E-state index contributed by atoms with van der Waals surface area (Å²) in [6.07, 6.45) is 6.91. The fraction of sp³-hybridized carbons (Fsp3) is 0.824. The van der Waals surface area contributed by atoms with Crippen molar-refractivity contribution in [2.45, 2.75) is 45.4 Å². The SMILES string of the molecule is CCOC(=O)/C(C#N)=N\O[P+](N1CCCC1)(N1CCCC1)N1CCCC1.F[P-](F)(F)(F)(F)F. The summed E-state index contributed by atoms with van der Waals surface area (Å²) >= 11 is 0. The normalized spacial score (nSPS) is 23.3. The zero-order valence-electron chi connectivity index (χ0n) is 18.3. The Morgan fingerprint density at radius 1 is 0.879 bits per heavy atom. The molecule has 192 valence electrons. The first-order chi connectivity index (χ1) is 15.2. The Kier molecular flexibility index (Phi) is 8.62. The van der Waals surface area contributed by atoms with Crippen LogP contribution in [-0.2, 0) is 14.2 Å². The molecule has 3 heterocycles. The molecule has 0 unspecified atom stereocenters. The van der Waals surface area contributed by atoms with E-state index in [1.54, 1.807) is 6.92 Å². The van der Waals surface area contributed by atoms with Crippen LogP contribution < -0.4 is 0 Å². The van der Waals surface area contributed by atoms with Crippen LogP contribution in [0.1, 0.15) is 45.4 Å². The molecule has 0 aromatic carbocycles. The molecule has 16 heteroatoms. The summed E-state index contributed by atoms with van der Waals surface area (Å²) in [5, 5.41) is 13.4. The van der Waals surface area contributed by atoms with Crippen molar-refractivity contribution in [1.29, 1.82) is 5.26 Å². The van der Waals surface area contributed by atoms with Crippen LogP contribution in [-0.4, -0.2) is 71.6 Å². The predicted molar refractivity (Wildman–Crippen MR) is 114 cm³/mol. The van der Waals surface area contributed by atoms with Crippen molar-refractivity contribution >= 4 is 27.4 Å². The third-order valence-electron chi connectivity index (χ3n) is 5.17. The summed E-state index contributed by atoms with van der Waals surface area (Å²) < 4.78 is 77.7. The first-order valence-electron chi connectivity index (χ1n) is 10.7. The third kappa shape index (κ3) is 9.13. The van der Waals surface area contributed by atoms with E-state index in [9.17, 15) is 35.2 Å². The van der Waals surface area contributed by atoms with Crippen LogP contribution in [0.5, 0.6) is 0 Å². The van der Waals surface area contributed by atoms with E-state index in [2.05, 4.69) is 19.2 Å². The van der Waals surface area contributed by atoms with Crippen LogP contribution in [0, 0.1) is 11.3 Å². The van der Waals surface area contributed by atoms with Gasteiger partial charge in [0.1, 0.15) is 6.07 Å². The number of esters is 1. The fourth-order valence-electron chi connectivity index (χ4n) is 3.97. The van der Waals surface area contributed by atoms with Crippen LogP contribution in [0.25, 0.3) is 0 Å².